The number of aryl methyl sites for hydroxylation is 1. The van der Waals surface area contributed by atoms with Crippen LogP contribution in [0.2, 0.25) is 0 Å². The third-order valence-electron chi connectivity index (χ3n) is 7.74. The molecule has 39 heavy (non-hydrogen) atoms. The standard InChI is InChI=1S/C37H24OS/c1-23-14-18-30-31(20-23)37(27-17-19-35-33(22-27)38-32-12-6-7-13-34(32)39-35)29-11-5-4-10-28(29)36(30)26-16-15-24-8-2-3-9-25(24)21-26/h2-22H,1H3. The summed E-state index contributed by atoms with van der Waals surface area (Å²) in [5, 5.41) is 7.56. The molecular weight excluding hydrogens is 492 g/mol. The van der Waals surface area contributed by atoms with E-state index in [1.54, 1.807) is 11.8 Å². The van der Waals surface area contributed by atoms with Gasteiger partial charge in [0, 0.05) is 0 Å². The lowest BCUT2D eigenvalue weighted by atomic mass is 9.85. The third kappa shape index (κ3) is 3.64. The highest BCUT2D eigenvalue weighted by atomic mass is 32.2. The molecule has 0 spiro atoms. The Kier molecular flexibility index (Phi) is 5.04. The minimum absolute atomic E-state index is 0.916. The summed E-state index contributed by atoms with van der Waals surface area (Å²) in [4.78, 5) is 2.30. The van der Waals surface area contributed by atoms with Crippen LogP contribution in [0.1, 0.15) is 5.56 Å². The Balaban J connectivity index is 1.41. The Labute approximate surface area is 231 Å². The maximum atomic E-state index is 6.40. The summed E-state index contributed by atoms with van der Waals surface area (Å²) in [7, 11) is 0. The predicted octanol–water partition coefficient (Wildman–Crippen LogP) is 11.0. The maximum absolute atomic E-state index is 6.40. The van der Waals surface area contributed by atoms with Crippen molar-refractivity contribution in [3.63, 3.8) is 0 Å². The molecule has 0 amide bonds. The molecule has 0 bridgehead atoms. The molecule has 1 aliphatic rings. The molecule has 1 aliphatic heterocycles. The average Bonchev–Trinajstić information content (AvgIpc) is 2.98. The van der Waals surface area contributed by atoms with E-state index in [1.165, 1.54) is 60.1 Å². The lowest BCUT2D eigenvalue weighted by molar-refractivity contribution is 0.455. The van der Waals surface area contributed by atoms with Gasteiger partial charge in [0.05, 0.1) is 9.79 Å². The van der Waals surface area contributed by atoms with Crippen LogP contribution in [0, 0.1) is 6.92 Å². The fourth-order valence-corrected chi connectivity index (χ4v) is 6.87. The molecule has 0 radical (unpaired) electrons. The molecular formula is C37H24OS. The number of rotatable bonds is 2. The fourth-order valence-electron chi connectivity index (χ4n) is 5.94. The van der Waals surface area contributed by atoms with Crippen molar-refractivity contribution < 1.29 is 4.74 Å². The predicted molar refractivity (Wildman–Crippen MR) is 165 cm³/mol. The van der Waals surface area contributed by atoms with E-state index >= 15 is 0 Å². The van der Waals surface area contributed by atoms with Gasteiger partial charge in [0.1, 0.15) is 11.5 Å². The topological polar surface area (TPSA) is 9.23 Å². The average molecular weight is 517 g/mol. The van der Waals surface area contributed by atoms with Gasteiger partial charge >= 0.3 is 0 Å². The van der Waals surface area contributed by atoms with Gasteiger partial charge in [-0.2, -0.15) is 0 Å². The van der Waals surface area contributed by atoms with Gasteiger partial charge in [-0.1, -0.05) is 114 Å². The molecule has 0 fully saturated rings. The number of ether oxygens (including phenoxy) is 1. The van der Waals surface area contributed by atoms with Crippen LogP contribution < -0.4 is 4.74 Å². The summed E-state index contributed by atoms with van der Waals surface area (Å²) in [6.07, 6.45) is 0. The molecule has 2 heteroatoms. The van der Waals surface area contributed by atoms with E-state index in [-0.39, 0.29) is 0 Å². The zero-order valence-electron chi connectivity index (χ0n) is 21.4. The molecule has 1 nitrogen and oxygen atoms in total. The lowest BCUT2D eigenvalue weighted by Crippen LogP contribution is -1.96. The van der Waals surface area contributed by atoms with E-state index in [4.69, 9.17) is 4.74 Å². The van der Waals surface area contributed by atoms with Crippen molar-refractivity contribution in [2.45, 2.75) is 16.7 Å². The van der Waals surface area contributed by atoms with Crippen LogP contribution in [0.4, 0.5) is 0 Å². The first-order valence-corrected chi connectivity index (χ1v) is 14.1. The quantitative estimate of drug-likeness (QED) is 0.211. The molecule has 0 aliphatic carbocycles. The lowest BCUT2D eigenvalue weighted by Gasteiger charge is -2.22. The molecule has 0 unspecified atom stereocenters. The Morgan fingerprint density at radius 1 is 0.462 bits per heavy atom. The van der Waals surface area contributed by atoms with Crippen molar-refractivity contribution in [2.75, 3.05) is 0 Å². The van der Waals surface area contributed by atoms with Crippen molar-refractivity contribution in [3.8, 4) is 33.8 Å². The summed E-state index contributed by atoms with van der Waals surface area (Å²) in [5.74, 6) is 1.84. The summed E-state index contributed by atoms with van der Waals surface area (Å²) >= 11 is 1.77. The van der Waals surface area contributed by atoms with Gasteiger partial charge in [0.2, 0.25) is 0 Å². The molecule has 0 N–H and O–H groups in total. The third-order valence-corrected chi connectivity index (χ3v) is 8.85. The van der Waals surface area contributed by atoms with Gasteiger partial charge in [0.15, 0.2) is 0 Å². The first kappa shape index (κ1) is 22.5. The van der Waals surface area contributed by atoms with Crippen molar-refractivity contribution in [1.82, 2.24) is 0 Å². The highest BCUT2D eigenvalue weighted by molar-refractivity contribution is 7.99. The number of fused-ring (bicyclic) bond motifs is 5. The van der Waals surface area contributed by atoms with Gasteiger partial charge in [0.25, 0.3) is 0 Å². The number of hydrogen-bond acceptors (Lipinski definition) is 2. The van der Waals surface area contributed by atoms with E-state index in [0.717, 1.165) is 21.3 Å². The summed E-state index contributed by atoms with van der Waals surface area (Å²) in [5.41, 5.74) is 6.21. The molecule has 0 saturated carbocycles. The van der Waals surface area contributed by atoms with Crippen LogP contribution in [0.25, 0.3) is 54.6 Å². The monoisotopic (exact) mass is 516 g/mol. The number of benzene rings is 7. The van der Waals surface area contributed by atoms with Crippen molar-refractivity contribution in [3.05, 3.63) is 133 Å². The minimum atomic E-state index is 0.916. The van der Waals surface area contributed by atoms with E-state index in [2.05, 4.69) is 122 Å². The SMILES string of the molecule is Cc1ccc2c(-c3ccc4ccccc4c3)c3ccccc3c(-c3ccc4c(c3)Oc3ccccc3S4)c2c1. The largest absolute Gasteiger partial charge is 0.455 e. The van der Waals surface area contributed by atoms with Crippen LogP contribution in [-0.4, -0.2) is 0 Å². The highest BCUT2D eigenvalue weighted by Crippen LogP contribution is 2.50. The normalized spacial score (nSPS) is 12.3. The van der Waals surface area contributed by atoms with Gasteiger partial charge in [-0.3, -0.25) is 0 Å². The molecule has 8 rings (SSSR count). The van der Waals surface area contributed by atoms with Crippen molar-refractivity contribution in [1.29, 1.82) is 0 Å². The summed E-state index contributed by atoms with van der Waals surface area (Å²) < 4.78 is 6.40. The smallest absolute Gasteiger partial charge is 0.142 e. The van der Waals surface area contributed by atoms with Crippen LogP contribution in [0.15, 0.2) is 137 Å². The fraction of sp³-hybridized carbons (Fsp3) is 0.0270. The van der Waals surface area contributed by atoms with Crippen molar-refractivity contribution >= 4 is 44.1 Å². The first-order chi connectivity index (χ1) is 19.2. The number of hydrogen-bond donors (Lipinski definition) is 0. The molecule has 0 saturated heterocycles. The second-order valence-corrected chi connectivity index (χ2v) is 11.3. The highest BCUT2D eigenvalue weighted by Gasteiger charge is 2.21. The van der Waals surface area contributed by atoms with Crippen LogP contribution in [0.5, 0.6) is 11.5 Å². The van der Waals surface area contributed by atoms with Gasteiger partial charge < -0.3 is 4.74 Å². The molecule has 1 heterocycles. The summed E-state index contributed by atoms with van der Waals surface area (Å²) in [6, 6.07) is 46.1. The zero-order chi connectivity index (χ0) is 25.9. The maximum Gasteiger partial charge on any atom is 0.142 e. The van der Waals surface area contributed by atoms with Gasteiger partial charge in [-0.15, -0.1) is 0 Å². The molecule has 0 aromatic heterocycles. The summed E-state index contributed by atoms with van der Waals surface area (Å²) in [6.45, 7) is 2.18. The Morgan fingerprint density at radius 2 is 1.10 bits per heavy atom. The number of para-hydroxylation sites is 1. The molecule has 7 aromatic carbocycles. The van der Waals surface area contributed by atoms with Crippen LogP contribution in [-0.2, 0) is 0 Å². The Morgan fingerprint density at radius 3 is 1.97 bits per heavy atom. The van der Waals surface area contributed by atoms with Crippen LogP contribution in [0.3, 0.4) is 0 Å². The Hall–Kier alpha value is -4.53. The van der Waals surface area contributed by atoms with Gasteiger partial charge in [-0.25, -0.2) is 0 Å². The first-order valence-electron chi connectivity index (χ1n) is 13.3. The van der Waals surface area contributed by atoms with E-state index < -0.39 is 0 Å². The second kappa shape index (κ2) is 8.76. The zero-order valence-corrected chi connectivity index (χ0v) is 22.3. The second-order valence-electron chi connectivity index (χ2n) is 10.2. The van der Waals surface area contributed by atoms with Crippen molar-refractivity contribution in [2.24, 2.45) is 0 Å². The Bertz CT molecular complexity index is 2090. The van der Waals surface area contributed by atoms with E-state index in [0.29, 0.717) is 0 Å². The van der Waals surface area contributed by atoms with Crippen LogP contribution >= 0.6 is 11.8 Å². The van der Waals surface area contributed by atoms with E-state index in [9.17, 15) is 0 Å². The minimum Gasteiger partial charge on any atom is -0.455 e. The molecule has 0 atom stereocenters. The van der Waals surface area contributed by atoms with Gasteiger partial charge in [-0.05, 0) is 91.8 Å². The molecule has 7 aromatic rings. The molecule has 184 valence electrons. The van der Waals surface area contributed by atoms with E-state index in [1.807, 2.05) is 12.1 Å².